The summed E-state index contributed by atoms with van der Waals surface area (Å²) in [5.74, 6) is 0.884. The van der Waals surface area contributed by atoms with Crippen molar-refractivity contribution in [3.8, 4) is 11.5 Å². The Morgan fingerprint density at radius 2 is 1.56 bits per heavy atom. The third-order valence-corrected chi connectivity index (χ3v) is 7.90. The van der Waals surface area contributed by atoms with E-state index < -0.39 is 31.8 Å². The second-order valence-electron chi connectivity index (χ2n) is 7.82. The van der Waals surface area contributed by atoms with Crippen LogP contribution in [0.5, 0.6) is 11.5 Å². The van der Waals surface area contributed by atoms with Crippen molar-refractivity contribution in [1.82, 2.24) is 4.67 Å². The Balaban J connectivity index is 1.74. The van der Waals surface area contributed by atoms with Gasteiger partial charge in [0.2, 0.25) is 0 Å². The van der Waals surface area contributed by atoms with E-state index in [-0.39, 0.29) is 0 Å². The zero-order chi connectivity index (χ0) is 22.6. The lowest BCUT2D eigenvalue weighted by molar-refractivity contribution is -0.154. The van der Waals surface area contributed by atoms with Gasteiger partial charge in [0.1, 0.15) is 29.8 Å². The van der Waals surface area contributed by atoms with Crippen molar-refractivity contribution < 1.29 is 32.6 Å². The molecule has 174 valence electrons. The molecule has 2 saturated heterocycles. The predicted octanol–water partition coefficient (Wildman–Crippen LogP) is 4.12. The fraction of sp³-hybridized carbons (Fsp3) is 0.478. The normalized spacial score (nSPS) is 28.3. The summed E-state index contributed by atoms with van der Waals surface area (Å²) >= 11 is 0. The molecule has 2 aliphatic rings. The maximum Gasteiger partial charge on any atom is 0.518 e. The molecule has 2 aliphatic heterocycles. The van der Waals surface area contributed by atoms with Crippen LogP contribution in [0.15, 0.2) is 60.7 Å². The van der Waals surface area contributed by atoms with Crippen LogP contribution in [0.2, 0.25) is 0 Å². The zero-order valence-electron chi connectivity index (χ0n) is 18.6. The summed E-state index contributed by atoms with van der Waals surface area (Å²) in [6, 6.07) is 18.0. The average Bonchev–Trinajstić information content (AvgIpc) is 3.36. The summed E-state index contributed by atoms with van der Waals surface area (Å²) in [7, 11) is 0.900. The van der Waals surface area contributed by atoms with Crippen LogP contribution < -0.4 is 9.05 Å². The number of methoxy groups -OCH3 is 3. The van der Waals surface area contributed by atoms with Gasteiger partial charge in [-0.2, -0.15) is 4.67 Å². The summed E-state index contributed by atoms with van der Waals surface area (Å²) < 4.78 is 51.8. The van der Waals surface area contributed by atoms with Gasteiger partial charge in [0.25, 0.3) is 0 Å². The van der Waals surface area contributed by atoms with Crippen LogP contribution in [0.4, 0.5) is 0 Å². The first-order valence-electron chi connectivity index (χ1n) is 10.7. The Kier molecular flexibility index (Phi) is 7.20. The molecule has 0 aliphatic carbocycles. The fourth-order valence-electron chi connectivity index (χ4n) is 4.62. The van der Waals surface area contributed by atoms with Gasteiger partial charge in [0.05, 0.1) is 6.61 Å². The van der Waals surface area contributed by atoms with E-state index >= 15 is 0 Å². The van der Waals surface area contributed by atoms with Crippen molar-refractivity contribution in [2.24, 2.45) is 0 Å². The summed E-state index contributed by atoms with van der Waals surface area (Å²) in [4.78, 5) is 0. The van der Waals surface area contributed by atoms with Crippen LogP contribution in [0.25, 0.3) is 0 Å². The molecule has 2 aromatic carbocycles. The van der Waals surface area contributed by atoms with Gasteiger partial charge in [-0.15, -0.1) is 0 Å². The molecule has 0 radical (unpaired) electrons. The van der Waals surface area contributed by atoms with Crippen LogP contribution in [0.3, 0.4) is 0 Å². The molecule has 32 heavy (non-hydrogen) atoms. The van der Waals surface area contributed by atoms with Crippen LogP contribution in [0.1, 0.15) is 12.8 Å². The molecule has 2 fully saturated rings. The first-order valence-corrected chi connectivity index (χ1v) is 12.2. The molecule has 0 amide bonds. The molecule has 2 aromatic rings. The number of para-hydroxylation sites is 2. The topological polar surface area (TPSA) is 75.7 Å². The van der Waals surface area contributed by atoms with Crippen LogP contribution in [-0.2, 0) is 23.5 Å². The molecule has 4 rings (SSSR count). The molecule has 4 atom stereocenters. The second kappa shape index (κ2) is 9.91. The van der Waals surface area contributed by atoms with Gasteiger partial charge in [-0.25, -0.2) is 4.57 Å². The molecular formula is C23H30NO7P. The smallest absolute Gasteiger partial charge is 0.404 e. The maximum atomic E-state index is 14.5. The maximum absolute atomic E-state index is 14.5. The summed E-state index contributed by atoms with van der Waals surface area (Å²) in [5, 5.41) is 0. The Hall–Kier alpha value is -1.93. The summed E-state index contributed by atoms with van der Waals surface area (Å²) in [6.45, 7) is 0.768. The Morgan fingerprint density at radius 1 is 0.969 bits per heavy atom. The minimum absolute atomic E-state index is 0.317. The fourth-order valence-corrected chi connectivity index (χ4v) is 6.69. The van der Waals surface area contributed by atoms with Gasteiger partial charge in [-0.05, 0) is 37.1 Å². The molecule has 1 spiro atoms. The third-order valence-electron chi connectivity index (χ3n) is 5.89. The number of nitrogens with zero attached hydrogens (tertiary/aromatic N) is 1. The Labute approximate surface area is 188 Å². The lowest BCUT2D eigenvalue weighted by Crippen LogP contribution is -2.53. The number of hydrogen-bond donors (Lipinski definition) is 0. The molecule has 0 bridgehead atoms. The number of rotatable bonds is 9. The van der Waals surface area contributed by atoms with Crippen molar-refractivity contribution in [3.05, 3.63) is 60.7 Å². The van der Waals surface area contributed by atoms with E-state index in [0.717, 1.165) is 6.42 Å². The molecule has 0 N–H and O–H groups in total. The molecule has 0 saturated carbocycles. The Bertz CT molecular complexity index is 870. The third kappa shape index (κ3) is 4.31. The highest BCUT2D eigenvalue weighted by atomic mass is 31.2. The van der Waals surface area contributed by atoms with Crippen LogP contribution in [0, 0.1) is 0 Å². The first kappa shape index (κ1) is 23.2. The summed E-state index contributed by atoms with van der Waals surface area (Å²) in [6.07, 6.45) is 0.0180. The quantitative estimate of drug-likeness (QED) is 0.514. The molecular weight excluding hydrogens is 433 g/mol. The van der Waals surface area contributed by atoms with E-state index in [1.807, 2.05) is 36.4 Å². The van der Waals surface area contributed by atoms with Gasteiger partial charge < -0.3 is 28.0 Å². The minimum Gasteiger partial charge on any atom is -0.404 e. The van der Waals surface area contributed by atoms with Gasteiger partial charge in [-0.1, -0.05) is 36.4 Å². The van der Waals surface area contributed by atoms with Crippen LogP contribution in [-0.4, -0.2) is 63.2 Å². The highest BCUT2D eigenvalue weighted by molar-refractivity contribution is 7.52. The largest absolute Gasteiger partial charge is 0.518 e. The van der Waals surface area contributed by atoms with Crippen molar-refractivity contribution in [2.75, 3.05) is 34.5 Å². The van der Waals surface area contributed by atoms with E-state index in [1.54, 1.807) is 50.3 Å². The molecule has 0 unspecified atom stereocenters. The lowest BCUT2D eigenvalue weighted by Gasteiger charge is -2.40. The number of hydrogen-bond acceptors (Lipinski definition) is 7. The van der Waals surface area contributed by atoms with E-state index in [4.69, 9.17) is 28.0 Å². The van der Waals surface area contributed by atoms with E-state index in [1.165, 1.54) is 0 Å². The van der Waals surface area contributed by atoms with Gasteiger partial charge in [-0.3, -0.25) is 0 Å². The SMILES string of the molecule is COC[C@H]1O[C@]2(CCCN2P(=O)(Oc2ccccc2)Oc2ccccc2)[C@H](OC)[C@@H]1OC. The van der Waals surface area contributed by atoms with E-state index in [0.29, 0.717) is 31.1 Å². The second-order valence-corrected chi connectivity index (χ2v) is 9.60. The van der Waals surface area contributed by atoms with Crippen molar-refractivity contribution >= 4 is 7.75 Å². The monoisotopic (exact) mass is 463 g/mol. The average molecular weight is 463 g/mol. The van der Waals surface area contributed by atoms with E-state index in [9.17, 15) is 4.57 Å². The number of ether oxygens (including phenoxy) is 4. The van der Waals surface area contributed by atoms with E-state index in [2.05, 4.69) is 0 Å². The standard InChI is InChI=1S/C23H30NO7P/c1-26-17-20-21(27-2)22(28-3)23(29-20)15-10-16-24(23)32(25,30-18-11-6-4-7-12-18)31-19-13-8-5-9-14-19/h4-9,11-14,20-22H,10,15-17H2,1-3H3/t20-,21-,22-,23-/m1/s1. The van der Waals surface area contributed by atoms with Gasteiger partial charge in [0.15, 0.2) is 5.72 Å². The molecule has 8 nitrogen and oxygen atoms in total. The van der Waals surface area contributed by atoms with Crippen molar-refractivity contribution in [2.45, 2.75) is 36.9 Å². The molecule has 0 aromatic heterocycles. The van der Waals surface area contributed by atoms with Crippen LogP contribution >= 0.6 is 7.75 Å². The minimum atomic E-state index is -3.93. The predicted molar refractivity (Wildman–Crippen MR) is 119 cm³/mol. The first-order chi connectivity index (χ1) is 15.6. The van der Waals surface area contributed by atoms with Crippen molar-refractivity contribution in [1.29, 1.82) is 0 Å². The molecule has 9 heteroatoms. The van der Waals surface area contributed by atoms with Gasteiger partial charge >= 0.3 is 7.75 Å². The Morgan fingerprint density at radius 3 is 2.06 bits per heavy atom. The van der Waals surface area contributed by atoms with Crippen molar-refractivity contribution in [3.63, 3.8) is 0 Å². The zero-order valence-corrected chi connectivity index (χ0v) is 19.5. The highest BCUT2D eigenvalue weighted by Gasteiger charge is 2.66. The van der Waals surface area contributed by atoms with Gasteiger partial charge in [0, 0.05) is 27.9 Å². The summed E-state index contributed by atoms with van der Waals surface area (Å²) in [5.41, 5.74) is -1.04. The lowest BCUT2D eigenvalue weighted by atomic mass is 10.0. The number of benzene rings is 2. The highest BCUT2D eigenvalue weighted by Crippen LogP contribution is 2.61. The molecule has 2 heterocycles.